The van der Waals surface area contributed by atoms with E-state index in [0.29, 0.717) is 0 Å². The van der Waals surface area contributed by atoms with Gasteiger partial charge in [-0.1, -0.05) is 72.8 Å². The third-order valence-electron chi connectivity index (χ3n) is 4.79. The van der Waals surface area contributed by atoms with Crippen LogP contribution in [0.25, 0.3) is 43.4 Å². The molecule has 24 heavy (non-hydrogen) atoms. The SMILES string of the molecule is c1ccc(-c2cccc3cc4cc5ccccc5cc4cc23)cc1. The molecule has 0 atom stereocenters. The van der Waals surface area contributed by atoms with Gasteiger partial charge in [0.2, 0.25) is 0 Å². The van der Waals surface area contributed by atoms with Crippen LogP contribution in [0.4, 0.5) is 0 Å². The molecule has 0 amide bonds. The quantitative estimate of drug-likeness (QED) is 0.298. The number of hydrogen-bond acceptors (Lipinski definition) is 0. The molecule has 0 spiro atoms. The van der Waals surface area contributed by atoms with E-state index < -0.39 is 0 Å². The average molecular weight is 304 g/mol. The highest BCUT2D eigenvalue weighted by Gasteiger charge is 2.06. The standard InChI is InChI=1S/C24H16/c1-2-7-17(8-3-1)23-12-6-11-20-15-21-13-18-9-4-5-10-19(18)14-22(21)16-24(20)23/h1-16H. The summed E-state index contributed by atoms with van der Waals surface area (Å²) in [5, 5.41) is 7.78. The van der Waals surface area contributed by atoms with Gasteiger partial charge in [0, 0.05) is 0 Å². The van der Waals surface area contributed by atoms with Crippen molar-refractivity contribution in [3.63, 3.8) is 0 Å². The van der Waals surface area contributed by atoms with E-state index in [-0.39, 0.29) is 0 Å². The Morgan fingerprint density at radius 2 is 0.958 bits per heavy atom. The maximum atomic E-state index is 2.33. The van der Waals surface area contributed by atoms with Gasteiger partial charge in [-0.25, -0.2) is 0 Å². The van der Waals surface area contributed by atoms with Crippen LogP contribution in [-0.4, -0.2) is 0 Å². The molecule has 5 rings (SSSR count). The molecule has 0 aromatic heterocycles. The van der Waals surface area contributed by atoms with Gasteiger partial charge in [-0.2, -0.15) is 0 Å². The Morgan fingerprint density at radius 3 is 1.71 bits per heavy atom. The zero-order valence-electron chi connectivity index (χ0n) is 13.2. The summed E-state index contributed by atoms with van der Waals surface area (Å²) in [7, 11) is 0. The van der Waals surface area contributed by atoms with Gasteiger partial charge in [0.25, 0.3) is 0 Å². The molecule has 5 aromatic carbocycles. The van der Waals surface area contributed by atoms with Crippen molar-refractivity contribution in [3.05, 3.63) is 97.1 Å². The highest BCUT2D eigenvalue weighted by molar-refractivity contribution is 6.08. The molecule has 0 bridgehead atoms. The molecule has 0 aliphatic rings. The molecule has 0 saturated carbocycles. The third-order valence-corrected chi connectivity index (χ3v) is 4.79. The van der Waals surface area contributed by atoms with Crippen LogP contribution >= 0.6 is 0 Å². The number of rotatable bonds is 1. The Bertz CT molecular complexity index is 1180. The minimum Gasteiger partial charge on any atom is -0.0622 e. The topological polar surface area (TPSA) is 0 Å². The van der Waals surface area contributed by atoms with Gasteiger partial charge < -0.3 is 0 Å². The molecule has 0 fully saturated rings. The summed E-state index contributed by atoms with van der Waals surface area (Å²) in [4.78, 5) is 0. The van der Waals surface area contributed by atoms with Gasteiger partial charge in [0.05, 0.1) is 0 Å². The van der Waals surface area contributed by atoms with Crippen LogP contribution in [0.3, 0.4) is 0 Å². The van der Waals surface area contributed by atoms with Crippen molar-refractivity contribution in [1.82, 2.24) is 0 Å². The van der Waals surface area contributed by atoms with E-state index in [1.165, 1.54) is 43.4 Å². The maximum Gasteiger partial charge on any atom is -0.00990 e. The molecule has 0 radical (unpaired) electrons. The first-order valence-corrected chi connectivity index (χ1v) is 8.29. The molecule has 0 heteroatoms. The molecule has 0 nitrogen and oxygen atoms in total. The van der Waals surface area contributed by atoms with Crippen molar-refractivity contribution < 1.29 is 0 Å². The minimum atomic E-state index is 1.27. The first-order valence-electron chi connectivity index (χ1n) is 8.29. The van der Waals surface area contributed by atoms with E-state index in [9.17, 15) is 0 Å². The van der Waals surface area contributed by atoms with Crippen LogP contribution in [0, 0.1) is 0 Å². The third kappa shape index (κ3) is 2.08. The Balaban J connectivity index is 1.87. The molecule has 0 unspecified atom stereocenters. The summed E-state index contributed by atoms with van der Waals surface area (Å²) in [5.74, 6) is 0. The number of fused-ring (bicyclic) bond motifs is 3. The van der Waals surface area contributed by atoms with E-state index in [4.69, 9.17) is 0 Å². The van der Waals surface area contributed by atoms with Gasteiger partial charge in [-0.3, -0.25) is 0 Å². The van der Waals surface area contributed by atoms with Gasteiger partial charge in [0.1, 0.15) is 0 Å². The monoisotopic (exact) mass is 304 g/mol. The molecule has 112 valence electrons. The first-order chi connectivity index (χ1) is 11.9. The summed E-state index contributed by atoms with van der Waals surface area (Å²) in [6.07, 6.45) is 0. The predicted molar refractivity (Wildman–Crippen MR) is 104 cm³/mol. The Kier molecular flexibility index (Phi) is 2.89. The molecule has 0 heterocycles. The Hall–Kier alpha value is -3.12. The lowest BCUT2D eigenvalue weighted by Gasteiger charge is -2.10. The lowest BCUT2D eigenvalue weighted by Crippen LogP contribution is -1.83. The van der Waals surface area contributed by atoms with Crippen molar-refractivity contribution in [2.24, 2.45) is 0 Å². The second-order valence-corrected chi connectivity index (χ2v) is 6.29. The average Bonchev–Trinajstić information content (AvgIpc) is 2.65. The highest BCUT2D eigenvalue weighted by atomic mass is 14.1. The summed E-state index contributed by atoms with van der Waals surface area (Å²) in [5.41, 5.74) is 2.56. The Labute approximate surface area is 141 Å². The highest BCUT2D eigenvalue weighted by Crippen LogP contribution is 2.33. The van der Waals surface area contributed by atoms with Gasteiger partial charge >= 0.3 is 0 Å². The predicted octanol–water partition coefficient (Wildman–Crippen LogP) is 6.81. The van der Waals surface area contributed by atoms with Crippen LogP contribution in [0.1, 0.15) is 0 Å². The van der Waals surface area contributed by atoms with Gasteiger partial charge in [-0.15, -0.1) is 0 Å². The maximum absolute atomic E-state index is 2.33. The molecule has 0 aliphatic heterocycles. The molecule has 5 aromatic rings. The molecule has 0 aliphatic carbocycles. The van der Waals surface area contributed by atoms with E-state index in [1.54, 1.807) is 0 Å². The zero-order chi connectivity index (χ0) is 15.9. The van der Waals surface area contributed by atoms with Crippen molar-refractivity contribution in [3.8, 4) is 11.1 Å². The fourth-order valence-electron chi connectivity index (χ4n) is 3.59. The minimum absolute atomic E-state index is 1.27. The van der Waals surface area contributed by atoms with Crippen LogP contribution < -0.4 is 0 Å². The van der Waals surface area contributed by atoms with Crippen LogP contribution in [0.5, 0.6) is 0 Å². The normalized spacial score (nSPS) is 11.3. The summed E-state index contributed by atoms with van der Waals surface area (Å²) < 4.78 is 0. The molecule has 0 N–H and O–H groups in total. The van der Waals surface area contributed by atoms with E-state index >= 15 is 0 Å². The van der Waals surface area contributed by atoms with Crippen LogP contribution in [-0.2, 0) is 0 Å². The number of benzene rings is 5. The van der Waals surface area contributed by atoms with Crippen molar-refractivity contribution >= 4 is 32.3 Å². The Morgan fingerprint density at radius 1 is 0.375 bits per heavy atom. The largest absolute Gasteiger partial charge is 0.0622 e. The lowest BCUT2D eigenvalue weighted by molar-refractivity contribution is 1.66. The second-order valence-electron chi connectivity index (χ2n) is 6.29. The van der Waals surface area contributed by atoms with E-state index in [2.05, 4.69) is 97.1 Å². The van der Waals surface area contributed by atoms with E-state index in [0.717, 1.165) is 0 Å². The van der Waals surface area contributed by atoms with Crippen LogP contribution in [0.2, 0.25) is 0 Å². The van der Waals surface area contributed by atoms with Crippen molar-refractivity contribution in [1.29, 1.82) is 0 Å². The molecule has 0 saturated heterocycles. The fraction of sp³-hybridized carbons (Fsp3) is 0. The fourth-order valence-corrected chi connectivity index (χ4v) is 3.59. The molecular formula is C24H16. The van der Waals surface area contributed by atoms with Crippen molar-refractivity contribution in [2.45, 2.75) is 0 Å². The lowest BCUT2D eigenvalue weighted by atomic mass is 9.94. The zero-order valence-corrected chi connectivity index (χ0v) is 13.2. The van der Waals surface area contributed by atoms with Gasteiger partial charge in [0.15, 0.2) is 0 Å². The van der Waals surface area contributed by atoms with E-state index in [1.807, 2.05) is 0 Å². The first kappa shape index (κ1) is 13.3. The summed E-state index contributed by atoms with van der Waals surface area (Å²) in [6.45, 7) is 0. The molecular weight excluding hydrogens is 288 g/mol. The van der Waals surface area contributed by atoms with Gasteiger partial charge in [-0.05, 0) is 67.7 Å². The summed E-state index contributed by atoms with van der Waals surface area (Å²) in [6, 6.07) is 35.0. The smallest absolute Gasteiger partial charge is 0.00990 e. The van der Waals surface area contributed by atoms with Crippen molar-refractivity contribution in [2.75, 3.05) is 0 Å². The summed E-state index contributed by atoms with van der Waals surface area (Å²) >= 11 is 0. The second kappa shape index (κ2) is 5.21. The van der Waals surface area contributed by atoms with Crippen LogP contribution in [0.15, 0.2) is 97.1 Å². The number of hydrogen-bond donors (Lipinski definition) is 0.